The van der Waals surface area contributed by atoms with Crippen LogP contribution in [0, 0.1) is 0 Å². The Kier molecular flexibility index (Phi) is 7.67. The molecule has 1 saturated heterocycles. The molecule has 2 rings (SSSR count). The molecule has 0 aromatic heterocycles. The van der Waals surface area contributed by atoms with Crippen molar-refractivity contribution in [2.24, 2.45) is 10.7 Å². The second-order valence-electron chi connectivity index (χ2n) is 7.62. The minimum atomic E-state index is -0.626. The molecule has 1 aliphatic heterocycles. The molecule has 0 unspecified atom stereocenters. The van der Waals surface area contributed by atoms with Crippen LogP contribution in [0.15, 0.2) is 40.5 Å². The van der Waals surface area contributed by atoms with Gasteiger partial charge in [-0.1, -0.05) is 29.8 Å². The van der Waals surface area contributed by atoms with Gasteiger partial charge in [-0.05, 0) is 39.3 Å². The van der Waals surface area contributed by atoms with Gasteiger partial charge in [-0.3, -0.25) is 4.99 Å². The van der Waals surface area contributed by atoms with Crippen molar-refractivity contribution in [3.8, 4) is 0 Å². The normalized spacial score (nSPS) is 17.8. The number of hydrogen-bond acceptors (Lipinski definition) is 6. The summed E-state index contributed by atoms with van der Waals surface area (Å²) in [5, 5.41) is 0.618. The van der Waals surface area contributed by atoms with E-state index >= 15 is 0 Å². The van der Waals surface area contributed by atoms with Crippen molar-refractivity contribution in [1.29, 1.82) is 0 Å². The zero-order valence-electron chi connectivity index (χ0n) is 17.3. The van der Waals surface area contributed by atoms with Gasteiger partial charge in [0.2, 0.25) is 0 Å². The van der Waals surface area contributed by atoms with Gasteiger partial charge in [0.1, 0.15) is 11.3 Å². The highest BCUT2D eigenvalue weighted by Gasteiger charge is 2.30. The SMILES string of the molecule is CCOC(=O)/C(N)=C1\CN(C(=O)OC(C)(C)C)CCC1=NCc1ccccc1Cl. The Morgan fingerprint density at radius 1 is 1.28 bits per heavy atom. The largest absolute Gasteiger partial charge is 0.461 e. The van der Waals surface area contributed by atoms with Crippen LogP contribution < -0.4 is 5.73 Å². The summed E-state index contributed by atoms with van der Waals surface area (Å²) in [5.41, 5.74) is 7.42. The molecule has 0 spiro atoms. The molecule has 1 heterocycles. The number of likely N-dealkylation sites (tertiary alicyclic amines) is 1. The first-order valence-electron chi connectivity index (χ1n) is 9.53. The smallest absolute Gasteiger partial charge is 0.410 e. The summed E-state index contributed by atoms with van der Waals surface area (Å²) in [4.78, 5) is 30.8. The lowest BCUT2D eigenvalue weighted by molar-refractivity contribution is -0.138. The van der Waals surface area contributed by atoms with Crippen LogP contribution in [-0.2, 0) is 20.8 Å². The minimum absolute atomic E-state index is 0.0435. The molecule has 0 saturated carbocycles. The number of amides is 1. The second-order valence-corrected chi connectivity index (χ2v) is 8.03. The standard InChI is InChI=1S/C21H28ClN3O4/c1-5-28-19(26)18(23)15-13-25(20(27)29-21(2,3)4)11-10-17(15)24-12-14-8-6-7-9-16(14)22/h6-9H,5,10-13,23H2,1-4H3/b18-15-,24-17?. The van der Waals surface area contributed by atoms with Crippen LogP contribution in [0.3, 0.4) is 0 Å². The number of benzene rings is 1. The van der Waals surface area contributed by atoms with Gasteiger partial charge in [-0.2, -0.15) is 0 Å². The van der Waals surface area contributed by atoms with Crippen molar-refractivity contribution in [1.82, 2.24) is 4.90 Å². The van der Waals surface area contributed by atoms with Crippen LogP contribution in [0.5, 0.6) is 0 Å². The number of nitrogens with two attached hydrogens (primary N) is 1. The van der Waals surface area contributed by atoms with Gasteiger partial charge < -0.3 is 20.1 Å². The Morgan fingerprint density at radius 2 is 1.97 bits per heavy atom. The lowest BCUT2D eigenvalue weighted by atomic mass is 10.00. The predicted molar refractivity (Wildman–Crippen MR) is 113 cm³/mol. The van der Waals surface area contributed by atoms with Crippen molar-refractivity contribution < 1.29 is 19.1 Å². The summed E-state index contributed by atoms with van der Waals surface area (Å²) in [5.74, 6) is -0.626. The Hall–Kier alpha value is -2.54. The van der Waals surface area contributed by atoms with Crippen molar-refractivity contribution in [3.05, 3.63) is 46.1 Å². The van der Waals surface area contributed by atoms with E-state index in [9.17, 15) is 9.59 Å². The molecule has 158 valence electrons. The molecule has 1 fully saturated rings. The first-order valence-corrected chi connectivity index (χ1v) is 9.91. The Morgan fingerprint density at radius 3 is 2.59 bits per heavy atom. The van der Waals surface area contributed by atoms with Gasteiger partial charge in [0.15, 0.2) is 0 Å². The molecule has 2 N–H and O–H groups in total. The summed E-state index contributed by atoms with van der Waals surface area (Å²) in [6, 6.07) is 7.42. The molecule has 1 aliphatic rings. The number of piperidine rings is 1. The summed E-state index contributed by atoms with van der Waals surface area (Å²) in [7, 11) is 0. The fourth-order valence-electron chi connectivity index (χ4n) is 2.79. The number of nitrogens with zero attached hydrogens (tertiary/aromatic N) is 2. The van der Waals surface area contributed by atoms with Crippen LogP contribution >= 0.6 is 11.6 Å². The maximum Gasteiger partial charge on any atom is 0.410 e. The molecule has 0 atom stereocenters. The Labute approximate surface area is 176 Å². The highest BCUT2D eigenvalue weighted by Crippen LogP contribution is 2.22. The molecule has 1 aromatic carbocycles. The molecule has 0 bridgehead atoms. The monoisotopic (exact) mass is 421 g/mol. The van der Waals surface area contributed by atoms with Crippen molar-refractivity contribution in [2.75, 3.05) is 19.7 Å². The van der Waals surface area contributed by atoms with Crippen molar-refractivity contribution >= 4 is 29.4 Å². The molecule has 1 aromatic rings. The van der Waals surface area contributed by atoms with E-state index in [-0.39, 0.29) is 18.8 Å². The Balaban J connectivity index is 2.30. The molecular weight excluding hydrogens is 394 g/mol. The topological polar surface area (TPSA) is 94.2 Å². The maximum atomic E-state index is 12.5. The number of esters is 1. The molecule has 29 heavy (non-hydrogen) atoms. The number of ether oxygens (including phenoxy) is 2. The van der Waals surface area contributed by atoms with E-state index in [1.54, 1.807) is 33.8 Å². The van der Waals surface area contributed by atoms with Crippen LogP contribution in [0.2, 0.25) is 5.02 Å². The lowest BCUT2D eigenvalue weighted by Gasteiger charge is -2.32. The van der Waals surface area contributed by atoms with E-state index in [1.807, 2.05) is 18.2 Å². The van der Waals surface area contributed by atoms with Crippen molar-refractivity contribution in [3.63, 3.8) is 0 Å². The zero-order chi connectivity index (χ0) is 21.6. The number of aliphatic imine (C=N–C) groups is 1. The number of hydrogen-bond donors (Lipinski definition) is 1. The molecule has 0 radical (unpaired) electrons. The predicted octanol–water partition coefficient (Wildman–Crippen LogP) is 3.70. The fourth-order valence-corrected chi connectivity index (χ4v) is 2.99. The molecule has 8 heteroatoms. The quantitative estimate of drug-likeness (QED) is 0.590. The third-order valence-electron chi connectivity index (χ3n) is 4.19. The first-order chi connectivity index (χ1) is 13.6. The Bertz CT molecular complexity index is 827. The lowest BCUT2D eigenvalue weighted by Crippen LogP contribution is -2.44. The van der Waals surface area contributed by atoms with E-state index in [4.69, 9.17) is 26.8 Å². The van der Waals surface area contributed by atoms with Gasteiger partial charge in [0, 0.05) is 29.3 Å². The third kappa shape index (κ3) is 6.49. The molecule has 1 amide bonds. The molecule has 7 nitrogen and oxygen atoms in total. The number of halogens is 1. The van der Waals surface area contributed by atoms with Gasteiger partial charge in [-0.15, -0.1) is 0 Å². The second kappa shape index (κ2) is 9.78. The first kappa shape index (κ1) is 22.7. The average Bonchev–Trinajstić information content (AvgIpc) is 2.65. The summed E-state index contributed by atoms with van der Waals surface area (Å²) in [6.45, 7) is 8.20. The highest BCUT2D eigenvalue weighted by molar-refractivity contribution is 6.31. The molecular formula is C21H28ClN3O4. The van der Waals surface area contributed by atoms with Gasteiger partial charge in [0.05, 0.1) is 19.7 Å². The van der Waals surface area contributed by atoms with Gasteiger partial charge in [-0.25, -0.2) is 9.59 Å². The zero-order valence-corrected chi connectivity index (χ0v) is 18.1. The van der Waals surface area contributed by atoms with Crippen LogP contribution in [-0.4, -0.2) is 48.0 Å². The van der Waals surface area contributed by atoms with E-state index in [0.717, 1.165) is 5.56 Å². The third-order valence-corrected chi connectivity index (χ3v) is 4.55. The number of carbonyl (C=O) groups is 2. The highest BCUT2D eigenvalue weighted by atomic mass is 35.5. The van der Waals surface area contributed by atoms with Crippen LogP contribution in [0.1, 0.15) is 39.7 Å². The molecule has 0 aliphatic carbocycles. The summed E-state index contributed by atoms with van der Waals surface area (Å²) >= 11 is 6.21. The number of carbonyl (C=O) groups excluding carboxylic acids is 2. The van der Waals surface area contributed by atoms with E-state index < -0.39 is 17.7 Å². The average molecular weight is 422 g/mol. The number of rotatable bonds is 4. The van der Waals surface area contributed by atoms with Crippen LogP contribution in [0.4, 0.5) is 4.79 Å². The van der Waals surface area contributed by atoms with Gasteiger partial charge in [0.25, 0.3) is 0 Å². The van der Waals surface area contributed by atoms with Gasteiger partial charge >= 0.3 is 12.1 Å². The van der Waals surface area contributed by atoms with Crippen LogP contribution in [0.25, 0.3) is 0 Å². The van der Waals surface area contributed by atoms with E-state index in [0.29, 0.717) is 35.8 Å². The van der Waals surface area contributed by atoms with E-state index in [2.05, 4.69) is 4.99 Å². The summed E-state index contributed by atoms with van der Waals surface area (Å²) in [6.07, 6.45) is -0.0177. The summed E-state index contributed by atoms with van der Waals surface area (Å²) < 4.78 is 10.5. The minimum Gasteiger partial charge on any atom is -0.461 e. The van der Waals surface area contributed by atoms with E-state index in [1.165, 1.54) is 4.90 Å². The van der Waals surface area contributed by atoms with Crippen molar-refractivity contribution in [2.45, 2.75) is 46.3 Å². The maximum absolute atomic E-state index is 12.5. The fraction of sp³-hybridized carbons (Fsp3) is 0.476.